The molecule has 10 heavy (non-hydrogen) atoms. The Balaban J connectivity index is 0.000000810. The average Bonchev–Trinajstić information content (AvgIpc) is 1.78. The summed E-state index contributed by atoms with van der Waals surface area (Å²) in [6.07, 6.45) is -0.355. The van der Waals surface area contributed by atoms with Crippen molar-refractivity contribution in [1.29, 1.82) is 0 Å². The molecule has 1 fully saturated rings. The number of nitrogens with one attached hydrogen (secondary N) is 1. The fourth-order valence-electron chi connectivity index (χ4n) is 0.701. The monoisotopic (exact) mass is 171 g/mol. The Morgan fingerprint density at radius 2 is 2.10 bits per heavy atom. The zero-order chi connectivity index (χ0) is 6.91. The number of piperidine rings is 1. The second kappa shape index (κ2) is 3.14. The Morgan fingerprint density at radius 1 is 1.50 bits per heavy atom. The number of amides is 1. The van der Waals surface area contributed by atoms with E-state index >= 15 is 0 Å². The van der Waals surface area contributed by atoms with Gasteiger partial charge < -0.3 is 5.32 Å². The molecule has 0 bridgehead atoms. The van der Waals surface area contributed by atoms with Gasteiger partial charge in [0.25, 0.3) is 5.92 Å². The highest BCUT2D eigenvalue weighted by molar-refractivity contribution is 5.85. The topological polar surface area (TPSA) is 29.1 Å². The number of carbonyl (C=O) groups excluding carboxylic acids is 1. The van der Waals surface area contributed by atoms with E-state index in [9.17, 15) is 13.6 Å². The van der Waals surface area contributed by atoms with Gasteiger partial charge >= 0.3 is 0 Å². The third-order valence-corrected chi connectivity index (χ3v) is 1.26. The molecule has 1 heterocycles. The summed E-state index contributed by atoms with van der Waals surface area (Å²) in [6.45, 7) is -0.494. The van der Waals surface area contributed by atoms with Crippen molar-refractivity contribution in [3.8, 4) is 0 Å². The summed E-state index contributed by atoms with van der Waals surface area (Å²) in [4.78, 5) is 10.3. The molecular weight excluding hydrogens is 164 g/mol. The Labute approximate surface area is 63.4 Å². The van der Waals surface area contributed by atoms with Crippen molar-refractivity contribution in [3.05, 3.63) is 0 Å². The third-order valence-electron chi connectivity index (χ3n) is 1.26. The van der Waals surface area contributed by atoms with Gasteiger partial charge in [0.05, 0.1) is 6.54 Å². The molecule has 5 heteroatoms. The molecule has 0 aromatic heterocycles. The van der Waals surface area contributed by atoms with Gasteiger partial charge in [-0.3, -0.25) is 4.79 Å². The van der Waals surface area contributed by atoms with Crippen molar-refractivity contribution < 1.29 is 13.6 Å². The number of hydrogen-bond acceptors (Lipinski definition) is 1. The van der Waals surface area contributed by atoms with E-state index in [-0.39, 0.29) is 31.2 Å². The van der Waals surface area contributed by atoms with Gasteiger partial charge in [-0.1, -0.05) is 0 Å². The number of halogens is 3. The molecule has 2 nitrogen and oxygen atoms in total. The molecule has 60 valence electrons. The largest absolute Gasteiger partial charge is 0.350 e. The molecule has 0 unspecified atom stereocenters. The Hall–Kier alpha value is -0.380. The van der Waals surface area contributed by atoms with E-state index in [1.165, 1.54) is 0 Å². The normalized spacial score (nSPS) is 22.8. The molecule has 1 aliphatic heterocycles. The van der Waals surface area contributed by atoms with Crippen LogP contribution in [0.1, 0.15) is 12.8 Å². The molecule has 0 aromatic rings. The van der Waals surface area contributed by atoms with Crippen molar-refractivity contribution in [2.24, 2.45) is 0 Å². The first-order valence-corrected chi connectivity index (χ1v) is 2.75. The standard InChI is InChI=1S/C5H7F2NO.ClH/c6-5(7)2-1-4(9)8-3-5;/h1-3H2,(H,8,9);1H. The maximum atomic E-state index is 12.2. The average molecular weight is 172 g/mol. The van der Waals surface area contributed by atoms with Gasteiger partial charge in [0.2, 0.25) is 5.91 Å². The third kappa shape index (κ3) is 2.47. The van der Waals surface area contributed by atoms with Crippen LogP contribution in [0.2, 0.25) is 0 Å². The van der Waals surface area contributed by atoms with Gasteiger partial charge in [-0.15, -0.1) is 12.4 Å². The second-order valence-electron chi connectivity index (χ2n) is 2.13. The maximum Gasteiger partial charge on any atom is 0.265 e. The molecule has 1 N–H and O–H groups in total. The second-order valence-corrected chi connectivity index (χ2v) is 2.13. The number of hydrogen-bond donors (Lipinski definition) is 1. The highest BCUT2D eigenvalue weighted by atomic mass is 35.5. The first-order valence-electron chi connectivity index (χ1n) is 2.75. The highest BCUT2D eigenvalue weighted by Gasteiger charge is 2.33. The van der Waals surface area contributed by atoms with Crippen molar-refractivity contribution >= 4 is 18.3 Å². The Morgan fingerprint density at radius 3 is 2.40 bits per heavy atom. The molecule has 1 amide bonds. The molecule has 0 spiro atoms. The number of alkyl halides is 2. The van der Waals surface area contributed by atoms with E-state index in [0.717, 1.165) is 0 Å². The van der Waals surface area contributed by atoms with Crippen LogP contribution in [0, 0.1) is 0 Å². The van der Waals surface area contributed by atoms with Crippen LogP contribution in [0.3, 0.4) is 0 Å². The summed E-state index contributed by atoms with van der Waals surface area (Å²) >= 11 is 0. The van der Waals surface area contributed by atoms with Gasteiger partial charge in [0.15, 0.2) is 0 Å². The lowest BCUT2D eigenvalue weighted by molar-refractivity contribution is -0.129. The summed E-state index contributed by atoms with van der Waals surface area (Å²) in [5.74, 6) is -2.95. The Bertz CT molecular complexity index is 128. The zero-order valence-electron chi connectivity index (χ0n) is 5.19. The van der Waals surface area contributed by atoms with Gasteiger partial charge in [-0.25, -0.2) is 8.78 Å². The molecule has 0 saturated carbocycles. The lowest BCUT2D eigenvalue weighted by Gasteiger charge is -2.21. The summed E-state index contributed by atoms with van der Waals surface area (Å²) in [6, 6.07) is 0. The van der Waals surface area contributed by atoms with Crippen molar-refractivity contribution in [1.82, 2.24) is 5.32 Å². The van der Waals surface area contributed by atoms with Crippen molar-refractivity contribution in [3.63, 3.8) is 0 Å². The molecular formula is C5H8ClF2NO. The SMILES string of the molecule is Cl.O=C1CCC(F)(F)CN1. The zero-order valence-corrected chi connectivity index (χ0v) is 6.01. The Kier molecular flexibility index (Phi) is 3.02. The van der Waals surface area contributed by atoms with Crippen LogP contribution in [0.5, 0.6) is 0 Å². The van der Waals surface area contributed by atoms with E-state index in [1.54, 1.807) is 0 Å². The van der Waals surface area contributed by atoms with Crippen LogP contribution in [0.25, 0.3) is 0 Å². The van der Waals surface area contributed by atoms with Gasteiger partial charge in [0.1, 0.15) is 0 Å². The lowest BCUT2D eigenvalue weighted by atomic mass is 10.1. The maximum absolute atomic E-state index is 12.2. The van der Waals surface area contributed by atoms with Crippen LogP contribution in [-0.4, -0.2) is 18.4 Å². The van der Waals surface area contributed by atoms with E-state index in [2.05, 4.69) is 5.32 Å². The van der Waals surface area contributed by atoms with Crippen LogP contribution in [0.4, 0.5) is 8.78 Å². The van der Waals surface area contributed by atoms with Crippen LogP contribution >= 0.6 is 12.4 Å². The minimum atomic E-state index is -2.67. The van der Waals surface area contributed by atoms with Crippen LogP contribution in [0.15, 0.2) is 0 Å². The summed E-state index contributed by atoms with van der Waals surface area (Å²) < 4.78 is 24.3. The minimum Gasteiger partial charge on any atom is -0.350 e. The molecule has 0 atom stereocenters. The molecule has 0 radical (unpaired) electrons. The summed E-state index contributed by atoms with van der Waals surface area (Å²) in [7, 11) is 0. The number of rotatable bonds is 0. The molecule has 0 aromatic carbocycles. The molecule has 1 aliphatic rings. The highest BCUT2D eigenvalue weighted by Crippen LogP contribution is 2.21. The molecule has 0 aliphatic carbocycles. The predicted molar refractivity (Wildman–Crippen MR) is 34.4 cm³/mol. The van der Waals surface area contributed by atoms with Crippen molar-refractivity contribution in [2.75, 3.05) is 6.54 Å². The van der Waals surface area contributed by atoms with Gasteiger partial charge in [-0.05, 0) is 0 Å². The van der Waals surface area contributed by atoms with Gasteiger partial charge in [0, 0.05) is 12.8 Å². The fraction of sp³-hybridized carbons (Fsp3) is 0.800. The predicted octanol–water partition coefficient (Wildman–Crippen LogP) is 0.954. The molecule has 1 saturated heterocycles. The van der Waals surface area contributed by atoms with E-state index < -0.39 is 12.5 Å². The quantitative estimate of drug-likeness (QED) is 0.578. The van der Waals surface area contributed by atoms with E-state index in [1.807, 2.05) is 0 Å². The smallest absolute Gasteiger partial charge is 0.265 e. The van der Waals surface area contributed by atoms with Crippen LogP contribution in [-0.2, 0) is 4.79 Å². The number of carbonyl (C=O) groups is 1. The van der Waals surface area contributed by atoms with E-state index in [0.29, 0.717) is 0 Å². The lowest BCUT2D eigenvalue weighted by Crippen LogP contribution is -2.42. The van der Waals surface area contributed by atoms with E-state index in [4.69, 9.17) is 0 Å². The van der Waals surface area contributed by atoms with Gasteiger partial charge in [-0.2, -0.15) is 0 Å². The van der Waals surface area contributed by atoms with Crippen LogP contribution < -0.4 is 5.32 Å². The minimum absolute atomic E-state index is 0. The first kappa shape index (κ1) is 9.62. The summed E-state index contributed by atoms with van der Waals surface area (Å²) in [5, 5.41) is 2.08. The fourth-order valence-corrected chi connectivity index (χ4v) is 0.701. The molecule has 1 rings (SSSR count). The first-order chi connectivity index (χ1) is 4.10. The van der Waals surface area contributed by atoms with Crippen molar-refractivity contribution in [2.45, 2.75) is 18.8 Å². The summed E-state index contributed by atoms with van der Waals surface area (Å²) in [5.41, 5.74) is 0.